The molecule has 10 nitrogen and oxygen atoms in total. The van der Waals surface area contributed by atoms with Crippen molar-refractivity contribution in [3.8, 4) is 5.75 Å². The van der Waals surface area contributed by atoms with Crippen LogP contribution in [0.15, 0.2) is 54.9 Å². The van der Waals surface area contributed by atoms with E-state index in [1.165, 1.54) is 27.8 Å². The van der Waals surface area contributed by atoms with Crippen molar-refractivity contribution in [1.29, 1.82) is 0 Å². The van der Waals surface area contributed by atoms with Crippen molar-refractivity contribution in [2.75, 3.05) is 5.32 Å². The van der Waals surface area contributed by atoms with Gasteiger partial charge >= 0.3 is 5.69 Å². The van der Waals surface area contributed by atoms with Crippen LogP contribution in [-0.4, -0.2) is 30.4 Å². The minimum atomic E-state index is -0.695. The Kier molecular flexibility index (Phi) is 7.20. The van der Waals surface area contributed by atoms with Crippen LogP contribution in [0.4, 0.5) is 15.9 Å². The summed E-state index contributed by atoms with van der Waals surface area (Å²) in [4.78, 5) is 23.0. The molecule has 0 saturated heterocycles. The van der Waals surface area contributed by atoms with Crippen LogP contribution in [0.3, 0.4) is 0 Å². The maximum absolute atomic E-state index is 13.4. The number of nitrogens with zero attached hydrogens (tertiary/aromatic N) is 5. The number of nitro benzene ring substituents is 1. The molecule has 2 aromatic heterocycles. The molecule has 2 aromatic carbocycles. The molecule has 0 unspecified atom stereocenters. The highest BCUT2D eigenvalue weighted by atomic mass is 35.5. The molecule has 0 fully saturated rings. The first-order valence-electron chi connectivity index (χ1n) is 9.78. The third-order valence-electron chi connectivity index (χ3n) is 4.67. The third-order valence-corrected chi connectivity index (χ3v) is 5.66. The van der Waals surface area contributed by atoms with Gasteiger partial charge in [-0.1, -0.05) is 40.9 Å². The molecule has 0 aliphatic carbocycles. The van der Waals surface area contributed by atoms with Crippen LogP contribution in [0.1, 0.15) is 16.1 Å². The van der Waals surface area contributed by atoms with E-state index in [1.54, 1.807) is 18.2 Å². The second-order valence-corrected chi connectivity index (χ2v) is 8.28. The highest BCUT2D eigenvalue weighted by Gasteiger charge is 2.18. The lowest BCUT2D eigenvalue weighted by Crippen LogP contribution is -2.15. The minimum Gasteiger partial charge on any atom is -0.464 e. The molecule has 0 spiro atoms. The van der Waals surface area contributed by atoms with Gasteiger partial charge < -0.3 is 10.1 Å². The van der Waals surface area contributed by atoms with Gasteiger partial charge in [-0.05, 0) is 24.3 Å². The largest absolute Gasteiger partial charge is 0.464 e. The molecule has 0 aliphatic rings. The average molecular weight is 540 g/mol. The number of carbonyl (C=O) groups excluding carboxylic acids is 1. The SMILES string of the molecule is O=C(Nc1nn(Cc2c(Cl)cccc2Cl)cc1Cl)c1ccn(COc2cc(F)ccc2[N+](=O)[O-])n1. The van der Waals surface area contributed by atoms with Gasteiger partial charge in [0.05, 0.1) is 11.5 Å². The maximum atomic E-state index is 13.4. The fraction of sp³-hybridized carbons (Fsp3) is 0.0952. The summed E-state index contributed by atoms with van der Waals surface area (Å²) in [7, 11) is 0. The van der Waals surface area contributed by atoms with Crippen LogP contribution in [0.2, 0.25) is 15.1 Å². The Morgan fingerprint density at radius 3 is 2.54 bits per heavy atom. The zero-order valence-electron chi connectivity index (χ0n) is 17.5. The third kappa shape index (κ3) is 5.70. The molecule has 0 aliphatic heterocycles. The molecular formula is C21H14Cl3FN6O4. The number of ether oxygens (including phenoxy) is 1. The Labute approximate surface area is 211 Å². The zero-order valence-corrected chi connectivity index (χ0v) is 19.8. The zero-order chi connectivity index (χ0) is 25.1. The van der Waals surface area contributed by atoms with E-state index in [9.17, 15) is 19.3 Å². The number of nitro groups is 1. The fourth-order valence-corrected chi connectivity index (χ4v) is 3.74. The first kappa shape index (κ1) is 24.5. The Balaban J connectivity index is 1.42. The summed E-state index contributed by atoms with van der Waals surface area (Å²) in [5, 5.41) is 23.0. The molecule has 14 heteroatoms. The standard InChI is InChI=1S/C21H14Cl3FN6O4/c22-14-2-1-3-15(23)13(14)9-30-10-16(24)20(28-30)26-21(32)17-6-7-29(27-17)11-35-19-8-12(25)4-5-18(19)31(33)34/h1-8,10H,9,11H2,(H,26,28,32). The average Bonchev–Trinajstić information content (AvgIpc) is 3.41. The van der Waals surface area contributed by atoms with Gasteiger partial charge in [0.1, 0.15) is 10.8 Å². The van der Waals surface area contributed by atoms with Crippen molar-refractivity contribution in [2.24, 2.45) is 0 Å². The van der Waals surface area contributed by atoms with E-state index in [1.807, 2.05) is 0 Å². The van der Waals surface area contributed by atoms with Gasteiger partial charge in [0, 0.05) is 40.1 Å². The quantitative estimate of drug-likeness (QED) is 0.236. The number of anilines is 1. The number of hydrogen-bond acceptors (Lipinski definition) is 6. The lowest BCUT2D eigenvalue weighted by Gasteiger charge is -2.07. The molecule has 4 aromatic rings. The second-order valence-electron chi connectivity index (χ2n) is 7.06. The lowest BCUT2D eigenvalue weighted by molar-refractivity contribution is -0.386. The van der Waals surface area contributed by atoms with Crippen LogP contribution in [0.5, 0.6) is 5.75 Å². The monoisotopic (exact) mass is 538 g/mol. The van der Waals surface area contributed by atoms with Crippen molar-refractivity contribution in [3.05, 3.63) is 97.1 Å². The minimum absolute atomic E-state index is 0.00195. The van der Waals surface area contributed by atoms with E-state index in [2.05, 4.69) is 15.5 Å². The summed E-state index contributed by atoms with van der Waals surface area (Å²) >= 11 is 18.6. The van der Waals surface area contributed by atoms with Gasteiger partial charge in [-0.2, -0.15) is 10.2 Å². The number of rotatable bonds is 8. The fourth-order valence-electron chi connectivity index (χ4n) is 3.02. The highest BCUT2D eigenvalue weighted by molar-refractivity contribution is 6.36. The van der Waals surface area contributed by atoms with Crippen molar-refractivity contribution in [2.45, 2.75) is 13.3 Å². The molecule has 4 rings (SSSR count). The molecule has 0 bridgehead atoms. The summed E-state index contributed by atoms with van der Waals surface area (Å²) in [6, 6.07) is 9.36. The van der Waals surface area contributed by atoms with Gasteiger partial charge in [-0.25, -0.2) is 9.07 Å². The second kappa shape index (κ2) is 10.3. The predicted octanol–water partition coefficient (Wildman–Crippen LogP) is 5.42. The van der Waals surface area contributed by atoms with Crippen molar-refractivity contribution in [1.82, 2.24) is 19.6 Å². The van der Waals surface area contributed by atoms with Gasteiger partial charge in [0.15, 0.2) is 18.2 Å². The number of benzene rings is 2. The van der Waals surface area contributed by atoms with Crippen molar-refractivity contribution < 1.29 is 18.8 Å². The van der Waals surface area contributed by atoms with Gasteiger partial charge in [0.2, 0.25) is 5.75 Å². The molecule has 1 amide bonds. The molecule has 2 heterocycles. The number of nitrogens with one attached hydrogen (secondary N) is 1. The number of carbonyl (C=O) groups is 1. The Hall–Kier alpha value is -3.67. The van der Waals surface area contributed by atoms with E-state index in [-0.39, 0.29) is 35.6 Å². The predicted molar refractivity (Wildman–Crippen MR) is 127 cm³/mol. The van der Waals surface area contributed by atoms with E-state index < -0.39 is 22.3 Å². The molecule has 0 atom stereocenters. The van der Waals surface area contributed by atoms with Gasteiger partial charge in [-0.15, -0.1) is 0 Å². The molecule has 35 heavy (non-hydrogen) atoms. The molecule has 1 N–H and O–H groups in total. The number of halogens is 4. The summed E-state index contributed by atoms with van der Waals surface area (Å²) < 4.78 is 21.4. The van der Waals surface area contributed by atoms with Gasteiger partial charge in [-0.3, -0.25) is 19.6 Å². The first-order chi connectivity index (χ1) is 16.7. The van der Waals surface area contributed by atoms with Crippen molar-refractivity contribution in [3.63, 3.8) is 0 Å². The smallest absolute Gasteiger partial charge is 0.311 e. The van der Waals surface area contributed by atoms with Crippen LogP contribution < -0.4 is 10.1 Å². The first-order valence-corrected chi connectivity index (χ1v) is 10.9. The normalized spacial score (nSPS) is 10.9. The summed E-state index contributed by atoms with van der Waals surface area (Å²) in [5.74, 6) is -1.48. The van der Waals surface area contributed by atoms with Gasteiger partial charge in [0.25, 0.3) is 5.91 Å². The molecular weight excluding hydrogens is 526 g/mol. The van der Waals surface area contributed by atoms with Crippen molar-refractivity contribution >= 4 is 52.2 Å². The number of aromatic nitrogens is 4. The van der Waals surface area contributed by atoms with Crippen LogP contribution in [0.25, 0.3) is 0 Å². The molecule has 0 radical (unpaired) electrons. The summed E-state index contributed by atoms with van der Waals surface area (Å²) in [5.41, 5.74) is 0.243. The molecule has 0 saturated carbocycles. The van der Waals surface area contributed by atoms with E-state index in [0.29, 0.717) is 15.6 Å². The Morgan fingerprint density at radius 2 is 1.83 bits per heavy atom. The van der Waals surface area contributed by atoms with E-state index in [4.69, 9.17) is 39.5 Å². The van der Waals surface area contributed by atoms with Crippen LogP contribution in [-0.2, 0) is 13.3 Å². The lowest BCUT2D eigenvalue weighted by atomic mass is 10.2. The summed E-state index contributed by atoms with van der Waals surface area (Å²) in [6.07, 6.45) is 2.93. The number of hydrogen-bond donors (Lipinski definition) is 1. The van der Waals surface area contributed by atoms with E-state index in [0.717, 1.165) is 18.2 Å². The highest BCUT2D eigenvalue weighted by Crippen LogP contribution is 2.28. The van der Waals surface area contributed by atoms with Crippen LogP contribution in [0, 0.1) is 15.9 Å². The maximum Gasteiger partial charge on any atom is 0.311 e. The Morgan fingerprint density at radius 1 is 1.09 bits per heavy atom. The Bertz CT molecular complexity index is 1400. The topological polar surface area (TPSA) is 117 Å². The molecule has 180 valence electrons. The summed E-state index contributed by atoms with van der Waals surface area (Å²) in [6.45, 7) is -0.0716. The number of amides is 1. The van der Waals surface area contributed by atoms with E-state index >= 15 is 0 Å². The van der Waals surface area contributed by atoms with Crippen LogP contribution >= 0.6 is 34.8 Å².